The van der Waals surface area contributed by atoms with Crippen molar-refractivity contribution in [2.45, 2.75) is 19.1 Å². The molecule has 0 aliphatic heterocycles. The number of thioether (sulfide) groups is 1. The van der Waals surface area contributed by atoms with Gasteiger partial charge in [0.1, 0.15) is 11.5 Å². The zero-order chi connectivity index (χ0) is 15.2. The van der Waals surface area contributed by atoms with E-state index in [9.17, 15) is 9.59 Å². The first kappa shape index (κ1) is 15.3. The molecule has 110 valence electrons. The fourth-order valence-electron chi connectivity index (χ4n) is 1.97. The number of rotatable bonds is 5. The zero-order valence-corrected chi connectivity index (χ0v) is 12.8. The van der Waals surface area contributed by atoms with E-state index in [1.807, 2.05) is 37.4 Å². The number of hydrogen-bond donors (Lipinski definition) is 2. The van der Waals surface area contributed by atoms with Crippen LogP contribution in [0.2, 0.25) is 0 Å². The van der Waals surface area contributed by atoms with Gasteiger partial charge in [-0.15, -0.1) is 0 Å². The molecule has 0 aliphatic carbocycles. The number of nitrogens with zero attached hydrogens (tertiary/aromatic N) is 1. The molecule has 0 bridgehead atoms. The second-order valence-corrected chi connectivity index (χ2v) is 5.34. The molecule has 0 atom stereocenters. The first-order valence-electron chi connectivity index (χ1n) is 6.62. The molecule has 0 spiro atoms. The summed E-state index contributed by atoms with van der Waals surface area (Å²) in [6, 6.07) is 8.80. The summed E-state index contributed by atoms with van der Waals surface area (Å²) in [6.45, 7) is 2.02. The van der Waals surface area contributed by atoms with E-state index >= 15 is 0 Å². The van der Waals surface area contributed by atoms with E-state index in [4.69, 9.17) is 0 Å². The topological polar surface area (TPSA) is 74.8 Å². The molecule has 0 fully saturated rings. The number of benzene rings is 1. The van der Waals surface area contributed by atoms with Crippen LogP contribution < -0.4 is 10.9 Å². The third kappa shape index (κ3) is 3.95. The largest absolute Gasteiger partial charge is 0.320 e. The Morgan fingerprint density at radius 2 is 2.14 bits per heavy atom. The quantitative estimate of drug-likeness (QED) is 0.889. The molecule has 0 aliphatic rings. The lowest BCUT2D eigenvalue weighted by molar-refractivity contribution is 0.102. The van der Waals surface area contributed by atoms with Crippen LogP contribution in [0.3, 0.4) is 0 Å². The summed E-state index contributed by atoms with van der Waals surface area (Å²) in [5.74, 6) is 0.690. The highest BCUT2D eigenvalue weighted by atomic mass is 32.2. The number of amides is 1. The molecular weight excluding hydrogens is 286 g/mol. The molecular formula is C15H17N3O2S. The highest BCUT2D eigenvalue weighted by molar-refractivity contribution is 7.97. The summed E-state index contributed by atoms with van der Waals surface area (Å²) in [5.41, 5.74) is 1.61. The third-order valence-corrected chi connectivity index (χ3v) is 3.51. The van der Waals surface area contributed by atoms with Gasteiger partial charge in [-0.2, -0.15) is 11.8 Å². The predicted molar refractivity (Wildman–Crippen MR) is 85.8 cm³/mol. The molecule has 5 nitrogen and oxygen atoms in total. The summed E-state index contributed by atoms with van der Waals surface area (Å²) in [5, 5.41) is 2.81. The fraction of sp³-hybridized carbons (Fsp3) is 0.267. The summed E-state index contributed by atoms with van der Waals surface area (Å²) < 4.78 is 0. The first-order chi connectivity index (χ1) is 10.1. The van der Waals surface area contributed by atoms with E-state index in [1.165, 1.54) is 17.8 Å². The second kappa shape index (κ2) is 7.08. The Labute approximate surface area is 127 Å². The van der Waals surface area contributed by atoms with Crippen LogP contribution in [0.15, 0.2) is 35.1 Å². The number of hydrogen-bond acceptors (Lipinski definition) is 4. The number of aromatic nitrogens is 2. The lowest BCUT2D eigenvalue weighted by Crippen LogP contribution is -2.20. The number of anilines is 1. The molecule has 0 saturated heterocycles. The predicted octanol–water partition coefficient (Wildman–Crippen LogP) is 2.45. The van der Waals surface area contributed by atoms with Crippen molar-refractivity contribution >= 4 is 23.4 Å². The van der Waals surface area contributed by atoms with E-state index < -0.39 is 0 Å². The van der Waals surface area contributed by atoms with Crippen molar-refractivity contribution in [2.24, 2.45) is 0 Å². The van der Waals surface area contributed by atoms with Crippen LogP contribution in [0.1, 0.15) is 28.8 Å². The maximum absolute atomic E-state index is 12.3. The summed E-state index contributed by atoms with van der Waals surface area (Å²) >= 11 is 1.53. The molecule has 1 aromatic heterocycles. The van der Waals surface area contributed by atoms with Gasteiger partial charge in [0.05, 0.1) is 5.75 Å². The average molecular weight is 303 g/mol. The number of aryl methyl sites for hydroxylation is 1. The van der Waals surface area contributed by atoms with E-state index in [2.05, 4.69) is 15.3 Å². The Kier molecular flexibility index (Phi) is 5.16. The summed E-state index contributed by atoms with van der Waals surface area (Å²) in [7, 11) is 0. The van der Waals surface area contributed by atoms with Crippen molar-refractivity contribution in [1.29, 1.82) is 0 Å². The molecule has 0 unspecified atom stereocenters. The summed E-state index contributed by atoms with van der Waals surface area (Å²) in [6.07, 6.45) is 2.72. The van der Waals surface area contributed by atoms with Crippen LogP contribution in [0.5, 0.6) is 0 Å². The van der Waals surface area contributed by atoms with Crippen LogP contribution in [0, 0.1) is 0 Å². The van der Waals surface area contributed by atoms with E-state index in [-0.39, 0.29) is 17.2 Å². The molecule has 2 aromatic rings. The van der Waals surface area contributed by atoms with Gasteiger partial charge in [0.2, 0.25) is 0 Å². The monoisotopic (exact) mass is 303 g/mol. The number of aromatic amines is 1. The van der Waals surface area contributed by atoms with Gasteiger partial charge in [0.25, 0.3) is 11.5 Å². The van der Waals surface area contributed by atoms with Crippen molar-refractivity contribution < 1.29 is 4.79 Å². The smallest absolute Gasteiger partial charge is 0.274 e. The van der Waals surface area contributed by atoms with Crippen LogP contribution in [-0.4, -0.2) is 22.1 Å². The minimum absolute atomic E-state index is 0.133. The van der Waals surface area contributed by atoms with Gasteiger partial charge >= 0.3 is 0 Å². The van der Waals surface area contributed by atoms with Crippen LogP contribution in [0.4, 0.5) is 5.69 Å². The van der Waals surface area contributed by atoms with Gasteiger partial charge in [-0.25, -0.2) is 4.98 Å². The maximum Gasteiger partial charge on any atom is 0.274 e. The molecule has 1 aromatic carbocycles. The van der Waals surface area contributed by atoms with Gasteiger partial charge < -0.3 is 10.3 Å². The Morgan fingerprint density at radius 3 is 2.86 bits per heavy atom. The van der Waals surface area contributed by atoms with E-state index in [0.29, 0.717) is 11.6 Å². The van der Waals surface area contributed by atoms with Gasteiger partial charge in [-0.05, 0) is 24.3 Å². The lowest BCUT2D eigenvalue weighted by Gasteiger charge is -2.09. The van der Waals surface area contributed by atoms with Gasteiger partial charge in [0, 0.05) is 11.8 Å². The van der Waals surface area contributed by atoms with Crippen molar-refractivity contribution in [3.05, 3.63) is 57.8 Å². The van der Waals surface area contributed by atoms with Crippen molar-refractivity contribution in [1.82, 2.24) is 9.97 Å². The maximum atomic E-state index is 12.3. The number of para-hydroxylation sites is 1. The molecule has 1 heterocycles. The lowest BCUT2D eigenvalue weighted by atomic mass is 10.1. The minimum Gasteiger partial charge on any atom is -0.320 e. The van der Waals surface area contributed by atoms with Gasteiger partial charge in [0.15, 0.2) is 0 Å². The highest BCUT2D eigenvalue weighted by Gasteiger charge is 2.12. The molecule has 6 heteroatoms. The van der Waals surface area contributed by atoms with Gasteiger partial charge in [-0.1, -0.05) is 25.1 Å². The normalized spacial score (nSPS) is 10.4. The Bertz CT molecular complexity index is 697. The van der Waals surface area contributed by atoms with Gasteiger partial charge in [-0.3, -0.25) is 9.59 Å². The second-order valence-electron chi connectivity index (χ2n) is 4.48. The average Bonchev–Trinajstić information content (AvgIpc) is 2.47. The van der Waals surface area contributed by atoms with Crippen LogP contribution >= 0.6 is 11.8 Å². The van der Waals surface area contributed by atoms with Crippen molar-refractivity contribution in [2.75, 3.05) is 11.6 Å². The molecule has 0 saturated carbocycles. The molecule has 2 N–H and O–H groups in total. The van der Waals surface area contributed by atoms with E-state index in [1.54, 1.807) is 0 Å². The molecule has 21 heavy (non-hydrogen) atoms. The van der Waals surface area contributed by atoms with Crippen molar-refractivity contribution in [3.63, 3.8) is 0 Å². The standard InChI is InChI=1S/C15H17N3O2S/c1-3-10-6-4-5-7-11(10)17-15(20)12-8-14(19)18-13(16-12)9-21-2/h4-8H,3,9H2,1-2H3,(H,17,20)(H,16,18,19). The van der Waals surface area contributed by atoms with Crippen LogP contribution in [0.25, 0.3) is 0 Å². The summed E-state index contributed by atoms with van der Waals surface area (Å²) in [4.78, 5) is 30.6. The molecule has 2 rings (SSSR count). The molecule has 1 amide bonds. The minimum atomic E-state index is -0.371. The van der Waals surface area contributed by atoms with Crippen molar-refractivity contribution in [3.8, 4) is 0 Å². The highest BCUT2D eigenvalue weighted by Crippen LogP contribution is 2.16. The zero-order valence-electron chi connectivity index (χ0n) is 12.0. The number of carbonyl (C=O) groups excluding carboxylic acids is 1. The van der Waals surface area contributed by atoms with E-state index in [0.717, 1.165) is 17.7 Å². The number of H-pyrrole nitrogens is 1. The molecule has 0 radical (unpaired) electrons. The Hall–Kier alpha value is -2.08. The fourth-order valence-corrected chi connectivity index (χ4v) is 2.38. The third-order valence-electron chi connectivity index (χ3n) is 2.95. The van der Waals surface area contributed by atoms with Crippen LogP contribution in [-0.2, 0) is 12.2 Å². The Morgan fingerprint density at radius 1 is 1.38 bits per heavy atom. The number of nitrogens with one attached hydrogen (secondary N) is 2. The first-order valence-corrected chi connectivity index (χ1v) is 8.02. The SMILES string of the molecule is CCc1ccccc1NC(=O)c1cc(=O)[nH]c(CSC)n1. The Balaban J connectivity index is 2.26. The number of carbonyl (C=O) groups is 1.